The molecule has 0 bridgehead atoms. The van der Waals surface area contributed by atoms with Gasteiger partial charge in [0.15, 0.2) is 28.8 Å². The Labute approximate surface area is 213 Å². The van der Waals surface area contributed by atoms with Crippen LogP contribution in [0.25, 0.3) is 6.08 Å². The molecular formula is C27H28N2O8. The molecular weight excluding hydrogens is 480 g/mol. The molecule has 0 atom stereocenters. The van der Waals surface area contributed by atoms with Crippen molar-refractivity contribution in [3.63, 3.8) is 0 Å². The number of hydrogen-bond acceptors (Lipinski definition) is 8. The Morgan fingerprint density at radius 3 is 2.38 bits per heavy atom. The van der Waals surface area contributed by atoms with E-state index in [1.807, 2.05) is 12.1 Å². The van der Waals surface area contributed by atoms with Gasteiger partial charge in [-0.25, -0.2) is 5.48 Å². The number of carbonyl (C=O) groups excluding carboxylic acids is 2. The lowest BCUT2D eigenvalue weighted by molar-refractivity contribution is -0.126. The SMILES string of the molecule is COc1cc2c(cc1OC)CN(C(=O)C=Cc1ccc(OCc3ccc(C(=O)NO)o3)c(OC)c1)CC2. The lowest BCUT2D eigenvalue weighted by atomic mass is 9.98. The summed E-state index contributed by atoms with van der Waals surface area (Å²) in [6, 6.07) is 12.2. The van der Waals surface area contributed by atoms with Gasteiger partial charge in [0.1, 0.15) is 12.4 Å². The molecule has 37 heavy (non-hydrogen) atoms. The third-order valence-corrected chi connectivity index (χ3v) is 5.99. The van der Waals surface area contributed by atoms with E-state index in [1.54, 1.807) is 49.5 Å². The van der Waals surface area contributed by atoms with E-state index >= 15 is 0 Å². The molecule has 10 heteroatoms. The third kappa shape index (κ3) is 5.87. The van der Waals surface area contributed by atoms with Crippen molar-refractivity contribution in [2.24, 2.45) is 0 Å². The first-order chi connectivity index (χ1) is 17.9. The summed E-state index contributed by atoms with van der Waals surface area (Å²) in [7, 11) is 4.72. The maximum atomic E-state index is 12.9. The van der Waals surface area contributed by atoms with Crippen LogP contribution in [0.2, 0.25) is 0 Å². The number of ether oxygens (including phenoxy) is 4. The summed E-state index contributed by atoms with van der Waals surface area (Å²) < 4.78 is 27.3. The van der Waals surface area contributed by atoms with Gasteiger partial charge in [-0.2, -0.15) is 0 Å². The van der Waals surface area contributed by atoms with Crippen molar-refractivity contribution < 1.29 is 38.2 Å². The number of nitrogens with one attached hydrogen (secondary N) is 1. The largest absolute Gasteiger partial charge is 0.493 e. The summed E-state index contributed by atoms with van der Waals surface area (Å²) >= 11 is 0. The Balaban J connectivity index is 1.39. The molecule has 1 aliphatic heterocycles. The average Bonchev–Trinajstić information content (AvgIpc) is 3.42. The monoisotopic (exact) mass is 508 g/mol. The second-order valence-electron chi connectivity index (χ2n) is 8.22. The third-order valence-electron chi connectivity index (χ3n) is 5.99. The van der Waals surface area contributed by atoms with E-state index in [4.69, 9.17) is 28.6 Å². The molecule has 2 amide bonds. The minimum absolute atomic E-state index is 0.0331. The van der Waals surface area contributed by atoms with Gasteiger partial charge in [-0.15, -0.1) is 0 Å². The highest BCUT2D eigenvalue weighted by Crippen LogP contribution is 2.33. The van der Waals surface area contributed by atoms with Crippen molar-refractivity contribution in [2.45, 2.75) is 19.6 Å². The number of amides is 2. The van der Waals surface area contributed by atoms with Crippen LogP contribution in [0.1, 0.15) is 33.0 Å². The van der Waals surface area contributed by atoms with Gasteiger partial charge in [0.2, 0.25) is 5.91 Å². The van der Waals surface area contributed by atoms with E-state index in [0.29, 0.717) is 41.8 Å². The first-order valence-electron chi connectivity index (χ1n) is 11.5. The minimum Gasteiger partial charge on any atom is -0.493 e. The number of hydroxylamine groups is 1. The summed E-state index contributed by atoms with van der Waals surface area (Å²) in [5.74, 6) is 1.79. The molecule has 194 valence electrons. The fraction of sp³-hybridized carbons (Fsp3) is 0.259. The van der Waals surface area contributed by atoms with Gasteiger partial charge in [-0.1, -0.05) is 6.07 Å². The Morgan fingerprint density at radius 1 is 0.973 bits per heavy atom. The van der Waals surface area contributed by atoms with Crippen LogP contribution in [0.4, 0.5) is 0 Å². The number of hydrogen-bond donors (Lipinski definition) is 2. The van der Waals surface area contributed by atoms with Gasteiger partial charge in [0.05, 0.1) is 21.3 Å². The van der Waals surface area contributed by atoms with E-state index in [9.17, 15) is 9.59 Å². The molecule has 2 N–H and O–H groups in total. The summed E-state index contributed by atoms with van der Waals surface area (Å²) in [5, 5.41) is 8.68. The molecule has 0 radical (unpaired) electrons. The van der Waals surface area contributed by atoms with Crippen LogP contribution in [0.3, 0.4) is 0 Å². The van der Waals surface area contributed by atoms with E-state index in [2.05, 4.69) is 0 Å². The lowest BCUT2D eigenvalue weighted by Crippen LogP contribution is -2.34. The van der Waals surface area contributed by atoms with Crippen molar-refractivity contribution >= 4 is 17.9 Å². The van der Waals surface area contributed by atoms with E-state index in [0.717, 1.165) is 23.1 Å². The van der Waals surface area contributed by atoms with Gasteiger partial charge in [-0.3, -0.25) is 14.8 Å². The molecule has 4 rings (SSSR count). The van der Waals surface area contributed by atoms with Gasteiger partial charge < -0.3 is 28.3 Å². The standard InChI is InChI=1S/C27H28N2O8/c1-33-23-12-17(4-7-21(23)36-16-20-6-8-22(37-20)27(31)28-32)5-9-26(30)29-11-10-18-13-24(34-2)25(35-3)14-19(18)15-29/h4-9,12-14,32H,10-11,15-16H2,1-3H3,(H,28,31). The van der Waals surface area contributed by atoms with Crippen LogP contribution in [0.15, 0.2) is 53.0 Å². The highest BCUT2D eigenvalue weighted by atomic mass is 16.5. The van der Waals surface area contributed by atoms with Crippen molar-refractivity contribution in [3.8, 4) is 23.0 Å². The predicted molar refractivity (Wildman–Crippen MR) is 133 cm³/mol. The fourth-order valence-electron chi connectivity index (χ4n) is 4.03. The maximum absolute atomic E-state index is 12.9. The van der Waals surface area contributed by atoms with Crippen molar-refractivity contribution in [1.82, 2.24) is 10.4 Å². The van der Waals surface area contributed by atoms with E-state index in [-0.39, 0.29) is 18.3 Å². The summed E-state index contributed by atoms with van der Waals surface area (Å²) in [6.45, 7) is 1.15. The molecule has 3 aromatic rings. The molecule has 0 aliphatic carbocycles. The Bertz CT molecular complexity index is 1310. The first kappa shape index (κ1) is 25.6. The second-order valence-corrected chi connectivity index (χ2v) is 8.22. The number of benzene rings is 2. The fourth-order valence-corrected chi connectivity index (χ4v) is 4.03. The van der Waals surface area contributed by atoms with Crippen LogP contribution >= 0.6 is 0 Å². The van der Waals surface area contributed by atoms with Crippen LogP contribution < -0.4 is 24.4 Å². The smallest absolute Gasteiger partial charge is 0.310 e. The molecule has 1 aromatic heterocycles. The van der Waals surface area contributed by atoms with Gasteiger partial charge >= 0.3 is 5.91 Å². The summed E-state index contributed by atoms with van der Waals surface area (Å²) in [6.07, 6.45) is 4.00. The Kier molecular flexibility index (Phi) is 7.99. The zero-order valence-corrected chi connectivity index (χ0v) is 20.8. The quantitative estimate of drug-likeness (QED) is 0.256. The van der Waals surface area contributed by atoms with E-state index in [1.165, 1.54) is 24.7 Å². The number of furan rings is 1. The highest BCUT2D eigenvalue weighted by Gasteiger charge is 2.21. The number of methoxy groups -OCH3 is 3. The summed E-state index contributed by atoms with van der Waals surface area (Å²) in [5.41, 5.74) is 4.46. The first-order valence-corrected chi connectivity index (χ1v) is 11.5. The lowest BCUT2D eigenvalue weighted by Gasteiger charge is -2.28. The molecule has 0 fully saturated rings. The van der Waals surface area contributed by atoms with E-state index < -0.39 is 5.91 Å². The molecule has 1 aliphatic rings. The minimum atomic E-state index is -0.747. The summed E-state index contributed by atoms with van der Waals surface area (Å²) in [4.78, 5) is 26.1. The molecule has 0 unspecified atom stereocenters. The topological polar surface area (TPSA) is 120 Å². The highest BCUT2D eigenvalue weighted by molar-refractivity contribution is 5.92. The molecule has 0 saturated carbocycles. The van der Waals surface area contributed by atoms with Crippen LogP contribution in [0.5, 0.6) is 23.0 Å². The van der Waals surface area contributed by atoms with Crippen molar-refractivity contribution in [2.75, 3.05) is 27.9 Å². The molecule has 2 heterocycles. The maximum Gasteiger partial charge on any atom is 0.310 e. The average molecular weight is 509 g/mol. The number of rotatable bonds is 9. The van der Waals surface area contributed by atoms with Crippen LogP contribution in [-0.2, 0) is 24.4 Å². The number of carbonyl (C=O) groups is 2. The normalized spacial score (nSPS) is 12.7. The molecule has 0 saturated heterocycles. The zero-order valence-electron chi connectivity index (χ0n) is 20.8. The van der Waals surface area contributed by atoms with Gasteiger partial charge in [-0.05, 0) is 65.6 Å². The molecule has 2 aromatic carbocycles. The van der Waals surface area contributed by atoms with Gasteiger partial charge in [0, 0.05) is 19.2 Å². The zero-order chi connectivity index (χ0) is 26.4. The molecule has 0 spiro atoms. The Morgan fingerprint density at radius 2 is 1.68 bits per heavy atom. The van der Waals surface area contributed by atoms with Crippen LogP contribution in [0, 0.1) is 0 Å². The van der Waals surface area contributed by atoms with Crippen LogP contribution in [-0.4, -0.2) is 49.8 Å². The van der Waals surface area contributed by atoms with Gasteiger partial charge in [0.25, 0.3) is 0 Å². The predicted octanol–water partition coefficient (Wildman–Crippen LogP) is 3.60. The Hall–Kier alpha value is -4.44. The molecule has 10 nitrogen and oxygen atoms in total. The number of nitrogens with zero attached hydrogens (tertiary/aromatic N) is 1. The van der Waals surface area contributed by atoms with Crippen molar-refractivity contribution in [1.29, 1.82) is 0 Å². The number of fused-ring (bicyclic) bond motifs is 1. The van der Waals surface area contributed by atoms with Crippen molar-refractivity contribution in [3.05, 3.63) is 76.8 Å². The second kappa shape index (κ2) is 11.5.